The predicted molar refractivity (Wildman–Crippen MR) is 31.9 cm³/mol. The number of hydrazine groups is 1. The molecule has 0 saturated carbocycles. The molecule has 3 nitrogen and oxygen atoms in total. The minimum atomic E-state index is -0.464. The highest BCUT2D eigenvalue weighted by atomic mass is 15.4. The molecule has 0 amide bonds. The van der Waals surface area contributed by atoms with Gasteiger partial charge in [-0.25, -0.2) is 5.43 Å². The second kappa shape index (κ2) is 2.65. The number of rotatable bonds is 2. The van der Waals surface area contributed by atoms with E-state index in [0.29, 0.717) is 0 Å². The van der Waals surface area contributed by atoms with Crippen LogP contribution in [0.3, 0.4) is 0 Å². The van der Waals surface area contributed by atoms with Gasteiger partial charge in [0, 0.05) is 0 Å². The average molecular weight is 113 g/mol. The Bertz CT molecular complexity index is 101. The third-order valence-electron chi connectivity index (χ3n) is 0.717. The largest absolute Gasteiger partial charge is 0.259 e. The SMILES string of the molecule is CNNC(C)(C)C#N. The lowest BCUT2D eigenvalue weighted by Crippen LogP contribution is -2.45. The molecule has 0 rings (SSSR count). The van der Waals surface area contributed by atoms with E-state index < -0.39 is 5.54 Å². The highest BCUT2D eigenvalue weighted by molar-refractivity contribution is 4.98. The Kier molecular flexibility index (Phi) is 2.46. The maximum Gasteiger partial charge on any atom is 0.113 e. The number of hydrogen-bond donors (Lipinski definition) is 2. The van der Waals surface area contributed by atoms with Gasteiger partial charge in [-0.1, -0.05) is 0 Å². The first-order valence-corrected chi connectivity index (χ1v) is 2.47. The van der Waals surface area contributed by atoms with Gasteiger partial charge in [0.1, 0.15) is 5.54 Å². The van der Waals surface area contributed by atoms with Crippen LogP contribution in [0.2, 0.25) is 0 Å². The average Bonchev–Trinajstić information content (AvgIpc) is 1.67. The smallest absolute Gasteiger partial charge is 0.113 e. The van der Waals surface area contributed by atoms with Crippen molar-refractivity contribution >= 4 is 0 Å². The summed E-state index contributed by atoms with van der Waals surface area (Å²) in [6.07, 6.45) is 0. The fraction of sp³-hybridized carbons (Fsp3) is 0.800. The van der Waals surface area contributed by atoms with Gasteiger partial charge in [-0.3, -0.25) is 5.43 Å². The van der Waals surface area contributed by atoms with E-state index in [1.807, 2.05) is 0 Å². The number of nitrogens with one attached hydrogen (secondary N) is 2. The standard InChI is InChI=1S/C5H11N3/c1-5(2,4-6)8-7-3/h7-8H,1-3H3. The molecule has 0 aromatic rings. The lowest BCUT2D eigenvalue weighted by Gasteiger charge is -2.15. The summed E-state index contributed by atoms with van der Waals surface area (Å²) in [5.74, 6) is 0. The van der Waals surface area contributed by atoms with E-state index in [9.17, 15) is 0 Å². The van der Waals surface area contributed by atoms with Crippen molar-refractivity contribution in [2.24, 2.45) is 0 Å². The van der Waals surface area contributed by atoms with Gasteiger partial charge in [0.15, 0.2) is 0 Å². The van der Waals surface area contributed by atoms with Crippen LogP contribution >= 0.6 is 0 Å². The van der Waals surface area contributed by atoms with Gasteiger partial charge < -0.3 is 0 Å². The third-order valence-corrected chi connectivity index (χ3v) is 0.717. The highest BCUT2D eigenvalue weighted by Gasteiger charge is 2.12. The van der Waals surface area contributed by atoms with Crippen molar-refractivity contribution in [2.45, 2.75) is 19.4 Å². The maximum absolute atomic E-state index is 8.37. The van der Waals surface area contributed by atoms with Crippen LogP contribution in [0.25, 0.3) is 0 Å². The lowest BCUT2D eigenvalue weighted by atomic mass is 10.1. The number of nitriles is 1. The second-order valence-electron chi connectivity index (χ2n) is 2.11. The molecule has 2 N–H and O–H groups in total. The van der Waals surface area contributed by atoms with Crippen molar-refractivity contribution < 1.29 is 0 Å². The molecular formula is C5H11N3. The molecule has 46 valence electrons. The van der Waals surface area contributed by atoms with E-state index >= 15 is 0 Å². The van der Waals surface area contributed by atoms with Crippen molar-refractivity contribution in [3.63, 3.8) is 0 Å². The summed E-state index contributed by atoms with van der Waals surface area (Å²) < 4.78 is 0. The van der Waals surface area contributed by atoms with Crippen molar-refractivity contribution in [3.8, 4) is 6.07 Å². The van der Waals surface area contributed by atoms with Gasteiger partial charge in [-0.2, -0.15) is 5.26 Å². The van der Waals surface area contributed by atoms with Gasteiger partial charge in [-0.15, -0.1) is 0 Å². The summed E-state index contributed by atoms with van der Waals surface area (Å²) in [5.41, 5.74) is 4.98. The first-order valence-electron chi connectivity index (χ1n) is 2.47. The predicted octanol–water partition coefficient (Wildman–Crippen LogP) is 0.0126. The Hall–Kier alpha value is -0.590. The van der Waals surface area contributed by atoms with Crippen LogP contribution in [0, 0.1) is 11.3 Å². The van der Waals surface area contributed by atoms with E-state index in [1.54, 1.807) is 20.9 Å². The first-order chi connectivity index (χ1) is 3.62. The van der Waals surface area contributed by atoms with E-state index in [-0.39, 0.29) is 0 Å². The summed E-state index contributed by atoms with van der Waals surface area (Å²) in [7, 11) is 1.74. The zero-order valence-electron chi connectivity index (χ0n) is 5.45. The topological polar surface area (TPSA) is 47.8 Å². The molecule has 0 aliphatic rings. The first kappa shape index (κ1) is 7.41. The van der Waals surface area contributed by atoms with Gasteiger partial charge in [0.25, 0.3) is 0 Å². The molecule has 3 heteroatoms. The van der Waals surface area contributed by atoms with E-state index in [2.05, 4.69) is 16.9 Å². The van der Waals surface area contributed by atoms with Crippen LogP contribution in [0.15, 0.2) is 0 Å². The number of hydrogen-bond acceptors (Lipinski definition) is 3. The molecule has 0 spiro atoms. The summed E-state index contributed by atoms with van der Waals surface area (Å²) in [5, 5.41) is 8.37. The Labute approximate surface area is 49.7 Å². The summed E-state index contributed by atoms with van der Waals surface area (Å²) in [6, 6.07) is 2.07. The third kappa shape index (κ3) is 2.56. The second-order valence-corrected chi connectivity index (χ2v) is 2.11. The molecule has 0 aliphatic heterocycles. The molecule has 0 radical (unpaired) electrons. The van der Waals surface area contributed by atoms with E-state index in [1.165, 1.54) is 0 Å². The summed E-state index contributed by atoms with van der Waals surface area (Å²) in [4.78, 5) is 0. The molecule has 0 aromatic carbocycles. The molecule has 0 saturated heterocycles. The highest BCUT2D eigenvalue weighted by Crippen LogP contribution is 1.94. The van der Waals surface area contributed by atoms with Crippen LogP contribution in [-0.4, -0.2) is 12.6 Å². The Balaban J connectivity index is 3.59. The minimum absolute atomic E-state index is 0.464. The molecule has 0 fully saturated rings. The van der Waals surface area contributed by atoms with Crippen molar-refractivity contribution in [3.05, 3.63) is 0 Å². The van der Waals surface area contributed by atoms with Crippen LogP contribution in [0.1, 0.15) is 13.8 Å². The lowest BCUT2D eigenvalue weighted by molar-refractivity contribution is 0.433. The van der Waals surface area contributed by atoms with Crippen LogP contribution in [0.5, 0.6) is 0 Å². The fourth-order valence-corrected chi connectivity index (χ4v) is 0.340. The van der Waals surface area contributed by atoms with Crippen molar-refractivity contribution in [1.29, 1.82) is 5.26 Å². The van der Waals surface area contributed by atoms with Crippen LogP contribution in [-0.2, 0) is 0 Å². The van der Waals surface area contributed by atoms with E-state index in [0.717, 1.165) is 0 Å². The zero-order chi connectivity index (χ0) is 6.62. The normalized spacial score (nSPS) is 10.8. The van der Waals surface area contributed by atoms with E-state index in [4.69, 9.17) is 5.26 Å². The van der Waals surface area contributed by atoms with Crippen LogP contribution in [0.4, 0.5) is 0 Å². The minimum Gasteiger partial charge on any atom is -0.259 e. The zero-order valence-corrected chi connectivity index (χ0v) is 5.45. The molecule has 0 bridgehead atoms. The van der Waals surface area contributed by atoms with Gasteiger partial charge in [0.05, 0.1) is 6.07 Å². The van der Waals surface area contributed by atoms with Gasteiger partial charge in [-0.05, 0) is 20.9 Å². The van der Waals surface area contributed by atoms with Crippen molar-refractivity contribution in [2.75, 3.05) is 7.05 Å². The molecule has 0 aliphatic carbocycles. The van der Waals surface area contributed by atoms with Gasteiger partial charge in [0.2, 0.25) is 0 Å². The molecule has 0 heterocycles. The van der Waals surface area contributed by atoms with Gasteiger partial charge >= 0.3 is 0 Å². The van der Waals surface area contributed by atoms with Crippen molar-refractivity contribution in [1.82, 2.24) is 10.9 Å². The molecule has 0 atom stereocenters. The summed E-state index contributed by atoms with van der Waals surface area (Å²) >= 11 is 0. The Morgan fingerprint density at radius 1 is 1.50 bits per heavy atom. The molecule has 0 unspecified atom stereocenters. The molecule has 0 aromatic heterocycles. The fourth-order valence-electron chi connectivity index (χ4n) is 0.340. The molecular weight excluding hydrogens is 102 g/mol. The molecule has 8 heavy (non-hydrogen) atoms. The maximum atomic E-state index is 8.37. The van der Waals surface area contributed by atoms with Crippen LogP contribution < -0.4 is 10.9 Å². The summed E-state index contributed by atoms with van der Waals surface area (Å²) in [6.45, 7) is 3.59. The Morgan fingerprint density at radius 3 is 2.12 bits per heavy atom. The monoisotopic (exact) mass is 113 g/mol. The quantitative estimate of drug-likeness (QED) is 0.496. The number of nitrogens with zero attached hydrogens (tertiary/aromatic N) is 1. The Morgan fingerprint density at radius 2 is 2.00 bits per heavy atom.